The number of esters is 1. The number of aromatic amines is 1. The molecule has 156 valence electrons. The number of benzene rings is 1. The van der Waals surface area contributed by atoms with Crippen molar-refractivity contribution in [3.8, 4) is 0 Å². The molecule has 0 bridgehead atoms. The van der Waals surface area contributed by atoms with Gasteiger partial charge in [-0.25, -0.2) is 21.6 Å². The number of allylic oxidation sites excluding steroid dienone is 1. The summed E-state index contributed by atoms with van der Waals surface area (Å²) in [5, 5.41) is 22.2. The van der Waals surface area contributed by atoms with E-state index in [0.29, 0.717) is 3.97 Å². The summed E-state index contributed by atoms with van der Waals surface area (Å²) < 4.78 is 44.5. The summed E-state index contributed by atoms with van der Waals surface area (Å²) in [5.74, 6) is -3.36. The second kappa shape index (κ2) is 8.24. The van der Waals surface area contributed by atoms with Gasteiger partial charge in [-0.1, -0.05) is 0 Å². The molecule has 11 nitrogen and oxygen atoms in total. The lowest BCUT2D eigenvalue weighted by Gasteiger charge is -2.09. The zero-order valence-electron chi connectivity index (χ0n) is 15.3. The van der Waals surface area contributed by atoms with Crippen LogP contribution < -0.4 is 0 Å². The van der Waals surface area contributed by atoms with Gasteiger partial charge in [0, 0.05) is 17.8 Å². The van der Waals surface area contributed by atoms with E-state index >= 15 is 0 Å². The molecule has 0 atom stereocenters. The van der Waals surface area contributed by atoms with E-state index in [1.807, 2.05) is 0 Å². The van der Waals surface area contributed by atoms with Gasteiger partial charge in [0.25, 0.3) is 10.0 Å². The van der Waals surface area contributed by atoms with E-state index in [9.17, 15) is 27.5 Å². The summed E-state index contributed by atoms with van der Waals surface area (Å²) in [6.45, 7) is 1.49. The third kappa shape index (κ3) is 4.10. The topological polar surface area (TPSA) is 157 Å². The number of hydrogen-bond acceptors (Lipinski definition) is 9. The van der Waals surface area contributed by atoms with Gasteiger partial charge < -0.3 is 9.84 Å². The Morgan fingerprint density at radius 2 is 2.00 bits per heavy atom. The van der Waals surface area contributed by atoms with Crippen LogP contribution in [0.2, 0.25) is 0 Å². The van der Waals surface area contributed by atoms with E-state index in [-0.39, 0.29) is 22.9 Å². The number of tetrazole rings is 1. The fraction of sp³-hybridized carbons (Fsp3) is 0.118. The van der Waals surface area contributed by atoms with Crippen molar-refractivity contribution >= 4 is 27.5 Å². The fourth-order valence-corrected chi connectivity index (χ4v) is 3.74. The van der Waals surface area contributed by atoms with Crippen LogP contribution in [0.15, 0.2) is 47.5 Å². The number of aliphatic hydroxyl groups excluding tert-OH is 1. The Morgan fingerprint density at radius 3 is 2.60 bits per heavy atom. The third-order valence-electron chi connectivity index (χ3n) is 3.77. The second-order valence-corrected chi connectivity index (χ2v) is 7.53. The standard InChI is InChI=1S/C17H14FN5O6S/c1-2-29-17(26)13-7-10(14(24)8-15(25)16-19-21-22-20-16)9-23(13)30(27,28)12-5-3-11(18)4-6-12/h3-9,25H,2H2,1H3,(H,19,20,21,22). The SMILES string of the molecule is CCOC(=O)c1cc(C(=O)C=C(O)c2nn[nH]n2)cn1S(=O)(=O)c1ccc(F)cc1. The van der Waals surface area contributed by atoms with Crippen LogP contribution in [0.5, 0.6) is 0 Å². The molecule has 2 N–H and O–H groups in total. The highest BCUT2D eigenvalue weighted by Gasteiger charge is 2.27. The Labute approximate surface area is 168 Å². The molecule has 0 aliphatic heterocycles. The predicted octanol–water partition coefficient (Wildman–Crippen LogP) is 1.34. The Morgan fingerprint density at radius 1 is 1.30 bits per heavy atom. The minimum atomic E-state index is -4.36. The largest absolute Gasteiger partial charge is 0.504 e. The maximum absolute atomic E-state index is 13.2. The zero-order chi connectivity index (χ0) is 21.9. The maximum Gasteiger partial charge on any atom is 0.356 e. The number of carbonyl (C=O) groups excluding carboxylic acids is 2. The van der Waals surface area contributed by atoms with Crippen molar-refractivity contribution in [2.24, 2.45) is 0 Å². The van der Waals surface area contributed by atoms with Crippen LogP contribution in [0.1, 0.15) is 33.6 Å². The van der Waals surface area contributed by atoms with Gasteiger partial charge in [0.05, 0.1) is 11.5 Å². The predicted molar refractivity (Wildman–Crippen MR) is 98.5 cm³/mol. The molecule has 0 aliphatic rings. The van der Waals surface area contributed by atoms with Crippen LogP contribution in [0, 0.1) is 5.82 Å². The summed E-state index contributed by atoms with van der Waals surface area (Å²) in [7, 11) is -4.36. The highest BCUT2D eigenvalue weighted by molar-refractivity contribution is 7.90. The summed E-state index contributed by atoms with van der Waals surface area (Å²) in [5.41, 5.74) is -0.684. The normalized spacial score (nSPS) is 12.0. The van der Waals surface area contributed by atoms with Crippen molar-refractivity contribution in [3.05, 3.63) is 65.5 Å². The van der Waals surface area contributed by atoms with Gasteiger partial charge in [-0.05, 0) is 42.5 Å². The second-order valence-electron chi connectivity index (χ2n) is 5.72. The highest BCUT2D eigenvalue weighted by atomic mass is 32.2. The van der Waals surface area contributed by atoms with E-state index in [0.717, 1.165) is 42.6 Å². The van der Waals surface area contributed by atoms with E-state index in [2.05, 4.69) is 20.6 Å². The summed E-state index contributed by atoms with van der Waals surface area (Å²) >= 11 is 0. The number of aromatic nitrogens is 5. The first-order valence-corrected chi connectivity index (χ1v) is 9.77. The molecule has 0 aliphatic carbocycles. The number of H-pyrrole nitrogens is 1. The number of ketones is 1. The lowest BCUT2D eigenvalue weighted by Crippen LogP contribution is -2.19. The molecule has 0 fully saturated rings. The number of carbonyl (C=O) groups is 2. The van der Waals surface area contributed by atoms with Gasteiger partial charge >= 0.3 is 5.97 Å². The molecular formula is C17H14FN5O6S. The number of halogens is 1. The minimum Gasteiger partial charge on any atom is -0.504 e. The lowest BCUT2D eigenvalue weighted by atomic mass is 10.2. The molecule has 13 heteroatoms. The highest BCUT2D eigenvalue weighted by Crippen LogP contribution is 2.21. The van der Waals surface area contributed by atoms with Crippen molar-refractivity contribution in [2.45, 2.75) is 11.8 Å². The van der Waals surface area contributed by atoms with Crippen molar-refractivity contribution in [3.63, 3.8) is 0 Å². The Hall–Kier alpha value is -3.87. The number of rotatable bonds is 7. The summed E-state index contributed by atoms with van der Waals surface area (Å²) in [6.07, 6.45) is 1.64. The Bertz CT molecular complexity index is 1220. The van der Waals surface area contributed by atoms with Crippen molar-refractivity contribution in [1.29, 1.82) is 0 Å². The van der Waals surface area contributed by atoms with Gasteiger partial charge in [-0.3, -0.25) is 4.79 Å². The van der Waals surface area contributed by atoms with Gasteiger partial charge in [0.2, 0.25) is 5.82 Å². The van der Waals surface area contributed by atoms with Crippen LogP contribution in [-0.4, -0.2) is 56.5 Å². The first kappa shape index (κ1) is 20.9. The molecular weight excluding hydrogens is 421 g/mol. The van der Waals surface area contributed by atoms with Gasteiger partial charge in [0.1, 0.15) is 11.5 Å². The van der Waals surface area contributed by atoms with Gasteiger partial charge in [-0.2, -0.15) is 5.21 Å². The van der Waals surface area contributed by atoms with Crippen molar-refractivity contribution in [2.75, 3.05) is 6.61 Å². The molecule has 0 saturated carbocycles. The molecule has 3 aromatic rings. The molecule has 2 aromatic heterocycles. The van der Waals surface area contributed by atoms with E-state index in [1.54, 1.807) is 0 Å². The minimum absolute atomic E-state index is 0.0393. The summed E-state index contributed by atoms with van der Waals surface area (Å²) in [6, 6.07) is 4.92. The smallest absolute Gasteiger partial charge is 0.356 e. The average molecular weight is 435 g/mol. The molecule has 1 aromatic carbocycles. The van der Waals surface area contributed by atoms with Crippen LogP contribution in [-0.2, 0) is 14.8 Å². The lowest BCUT2D eigenvalue weighted by molar-refractivity contribution is 0.0518. The average Bonchev–Trinajstić information content (AvgIpc) is 3.39. The molecule has 0 spiro atoms. The Kier molecular flexibility index (Phi) is 5.73. The molecule has 0 amide bonds. The van der Waals surface area contributed by atoms with Crippen LogP contribution >= 0.6 is 0 Å². The van der Waals surface area contributed by atoms with Crippen LogP contribution in [0.25, 0.3) is 5.76 Å². The number of hydrogen-bond donors (Lipinski definition) is 2. The molecule has 3 rings (SSSR count). The first-order valence-electron chi connectivity index (χ1n) is 8.33. The van der Waals surface area contributed by atoms with E-state index < -0.39 is 39.0 Å². The monoisotopic (exact) mass is 435 g/mol. The summed E-state index contributed by atoms with van der Waals surface area (Å²) in [4.78, 5) is 24.4. The number of nitrogens with one attached hydrogen (secondary N) is 1. The molecule has 0 radical (unpaired) electrons. The van der Waals surface area contributed by atoms with E-state index in [4.69, 9.17) is 4.74 Å². The molecule has 30 heavy (non-hydrogen) atoms. The molecule has 2 heterocycles. The quantitative estimate of drug-likeness (QED) is 0.242. The van der Waals surface area contributed by atoms with Gasteiger partial charge in [-0.15, -0.1) is 10.2 Å². The number of nitrogens with zero attached hydrogens (tertiary/aromatic N) is 4. The third-order valence-corrected chi connectivity index (χ3v) is 5.46. The van der Waals surface area contributed by atoms with E-state index in [1.165, 1.54) is 6.92 Å². The zero-order valence-corrected chi connectivity index (χ0v) is 16.1. The fourth-order valence-electron chi connectivity index (χ4n) is 2.39. The maximum atomic E-state index is 13.2. The molecule has 0 unspecified atom stereocenters. The van der Waals surface area contributed by atoms with Crippen LogP contribution in [0.3, 0.4) is 0 Å². The number of aliphatic hydroxyl groups is 1. The molecule has 0 saturated heterocycles. The van der Waals surface area contributed by atoms with Crippen LogP contribution in [0.4, 0.5) is 4.39 Å². The Balaban J connectivity index is 2.07. The van der Waals surface area contributed by atoms with Crippen molar-refractivity contribution in [1.82, 2.24) is 24.6 Å². The first-order chi connectivity index (χ1) is 14.2. The van der Waals surface area contributed by atoms with Gasteiger partial charge in [0.15, 0.2) is 11.5 Å². The van der Waals surface area contributed by atoms with Crippen molar-refractivity contribution < 1.29 is 32.2 Å². The number of ether oxygens (including phenoxy) is 1.